The van der Waals surface area contributed by atoms with Gasteiger partial charge in [0.2, 0.25) is 5.82 Å². The van der Waals surface area contributed by atoms with Crippen LogP contribution in [-0.2, 0) is 11.2 Å². The van der Waals surface area contributed by atoms with E-state index in [1.54, 1.807) is 19.2 Å². The van der Waals surface area contributed by atoms with E-state index in [1.807, 2.05) is 36.4 Å². The highest BCUT2D eigenvalue weighted by atomic mass is 16.5. The van der Waals surface area contributed by atoms with Gasteiger partial charge in [0.1, 0.15) is 24.2 Å². The van der Waals surface area contributed by atoms with Crippen LogP contribution in [-0.4, -0.2) is 58.4 Å². The molecule has 0 saturated carbocycles. The smallest absolute Gasteiger partial charge is 0.291 e. The quantitative estimate of drug-likeness (QED) is 0.386. The molecule has 2 heterocycles. The minimum atomic E-state index is -0.865. The van der Waals surface area contributed by atoms with Gasteiger partial charge in [0.05, 0.1) is 12.3 Å². The van der Waals surface area contributed by atoms with E-state index in [9.17, 15) is 9.59 Å². The lowest BCUT2D eigenvalue weighted by Crippen LogP contribution is -2.49. The largest absolute Gasteiger partial charge is 0.489 e. The summed E-state index contributed by atoms with van der Waals surface area (Å²) in [6, 6.07) is 13.9. The van der Waals surface area contributed by atoms with Gasteiger partial charge in [-0.25, -0.2) is 4.98 Å². The van der Waals surface area contributed by atoms with Crippen molar-refractivity contribution < 1.29 is 19.4 Å². The molecule has 1 aliphatic heterocycles. The number of hydrogen-bond donors (Lipinski definition) is 3. The zero-order valence-electron chi connectivity index (χ0n) is 19.5. The number of benzene rings is 2. The van der Waals surface area contributed by atoms with E-state index in [4.69, 9.17) is 9.84 Å². The van der Waals surface area contributed by atoms with Crippen molar-refractivity contribution in [2.75, 3.05) is 25.2 Å². The van der Waals surface area contributed by atoms with Crippen molar-refractivity contribution in [1.29, 1.82) is 0 Å². The van der Waals surface area contributed by atoms with Crippen LogP contribution >= 0.6 is 0 Å². The number of carbonyl (C=O) groups is 2. The van der Waals surface area contributed by atoms with Gasteiger partial charge >= 0.3 is 0 Å². The molecular weight excluding hydrogens is 446 g/mol. The normalized spacial score (nSPS) is 14.3. The third-order valence-electron chi connectivity index (χ3n) is 5.10. The van der Waals surface area contributed by atoms with Crippen LogP contribution in [0, 0.1) is 11.8 Å². The van der Waals surface area contributed by atoms with E-state index in [-0.39, 0.29) is 24.9 Å². The van der Waals surface area contributed by atoms with Crippen LogP contribution in [0.5, 0.6) is 5.75 Å². The molecule has 9 nitrogen and oxygen atoms in total. The first-order chi connectivity index (χ1) is 17.0. The van der Waals surface area contributed by atoms with Crippen molar-refractivity contribution in [3.63, 3.8) is 0 Å². The molecule has 0 radical (unpaired) electrons. The van der Waals surface area contributed by atoms with Crippen molar-refractivity contribution >= 4 is 17.5 Å². The Morgan fingerprint density at radius 2 is 2.00 bits per heavy atom. The number of aliphatic hydroxyl groups excluding tert-OH is 1. The second-order valence-electron chi connectivity index (χ2n) is 7.46. The number of H-pyrrole nitrogens is 1. The molecule has 2 aromatic carbocycles. The van der Waals surface area contributed by atoms with Crippen molar-refractivity contribution in [2.24, 2.45) is 0 Å². The van der Waals surface area contributed by atoms with E-state index in [2.05, 4.69) is 45.5 Å². The maximum Gasteiger partial charge on any atom is 0.291 e. The van der Waals surface area contributed by atoms with E-state index < -0.39 is 11.9 Å². The number of aliphatic hydroxyl groups is 1. The molecule has 3 aromatic rings. The molecule has 4 rings (SSSR count). The number of fused-ring (bicyclic) bond motifs is 1. The summed E-state index contributed by atoms with van der Waals surface area (Å²) in [6.07, 6.45) is 0.889. The maximum atomic E-state index is 12.8. The first-order valence-corrected chi connectivity index (χ1v) is 11.0. The van der Waals surface area contributed by atoms with E-state index >= 15 is 0 Å². The summed E-state index contributed by atoms with van der Waals surface area (Å²) in [5, 5.41) is 18.2. The number of ether oxygens (including phenoxy) is 1. The molecule has 35 heavy (non-hydrogen) atoms. The topological polar surface area (TPSA) is 120 Å². The molecule has 0 aliphatic carbocycles. The van der Waals surface area contributed by atoms with Gasteiger partial charge in [0, 0.05) is 25.5 Å². The second-order valence-corrected chi connectivity index (χ2v) is 7.46. The number of amides is 2. The Kier molecular flexibility index (Phi) is 8.76. The van der Waals surface area contributed by atoms with E-state index in [0.717, 1.165) is 11.1 Å². The van der Waals surface area contributed by atoms with Gasteiger partial charge in [-0.1, -0.05) is 36.1 Å². The Morgan fingerprint density at radius 3 is 2.74 bits per heavy atom. The molecule has 0 fully saturated rings. The van der Waals surface area contributed by atoms with Crippen LogP contribution in [0.25, 0.3) is 0 Å². The molecule has 1 unspecified atom stereocenters. The SMILES string of the molecule is C=C.CN1C(=O)C(NC(=O)c2n[nH]c(Cc3ccc(C#CCCO)cc3)n2)COc2ccccc21. The maximum absolute atomic E-state index is 12.8. The van der Waals surface area contributed by atoms with Gasteiger partial charge < -0.3 is 20.1 Å². The van der Waals surface area contributed by atoms with Crippen molar-refractivity contribution in [1.82, 2.24) is 20.5 Å². The summed E-state index contributed by atoms with van der Waals surface area (Å²) in [5.74, 6) is 6.05. The number of anilines is 1. The fraction of sp³-hybridized carbons (Fsp3) is 0.231. The van der Waals surface area contributed by atoms with Crippen LogP contribution in [0.4, 0.5) is 5.69 Å². The first-order valence-electron chi connectivity index (χ1n) is 11.0. The number of para-hydroxylation sites is 2. The lowest BCUT2D eigenvalue weighted by Gasteiger charge is -2.19. The van der Waals surface area contributed by atoms with Crippen LogP contribution in [0.3, 0.4) is 0 Å². The Labute approximate surface area is 203 Å². The molecule has 9 heteroatoms. The fourth-order valence-corrected chi connectivity index (χ4v) is 3.38. The Hall–Kier alpha value is -4.42. The summed E-state index contributed by atoms with van der Waals surface area (Å²) < 4.78 is 5.72. The third-order valence-corrected chi connectivity index (χ3v) is 5.10. The van der Waals surface area contributed by atoms with Gasteiger partial charge in [0.15, 0.2) is 0 Å². The first kappa shape index (κ1) is 25.2. The number of aromatic amines is 1. The minimum absolute atomic E-state index is 0.0107. The Bertz CT molecular complexity index is 1230. The zero-order valence-corrected chi connectivity index (χ0v) is 19.5. The number of aromatic nitrogens is 3. The number of hydrogen-bond acceptors (Lipinski definition) is 6. The average molecular weight is 474 g/mol. The predicted octanol–water partition coefficient (Wildman–Crippen LogP) is 2.09. The van der Waals surface area contributed by atoms with Crippen LogP contribution < -0.4 is 15.0 Å². The van der Waals surface area contributed by atoms with Gasteiger partial charge in [-0.3, -0.25) is 14.7 Å². The predicted molar refractivity (Wildman–Crippen MR) is 132 cm³/mol. The number of nitrogens with zero attached hydrogens (tertiary/aromatic N) is 3. The van der Waals surface area contributed by atoms with Crippen LogP contribution in [0.15, 0.2) is 61.7 Å². The molecule has 0 bridgehead atoms. The molecule has 1 aliphatic rings. The summed E-state index contributed by atoms with van der Waals surface area (Å²) in [6.45, 7) is 6.05. The lowest BCUT2D eigenvalue weighted by atomic mass is 10.1. The average Bonchev–Trinajstić information content (AvgIpc) is 3.32. The fourth-order valence-electron chi connectivity index (χ4n) is 3.38. The highest BCUT2D eigenvalue weighted by molar-refractivity contribution is 6.02. The highest BCUT2D eigenvalue weighted by Crippen LogP contribution is 2.29. The Balaban J connectivity index is 0.00000167. The standard InChI is InChI=1S/C24H23N5O4.C2H4/c1-29-19-7-2-3-8-20(19)33-15-18(24(29)32)25-23(31)22-26-21(27-28-22)14-17-11-9-16(10-12-17)6-4-5-13-30;1-2/h2-3,7-12,18,30H,5,13-15H2,1H3,(H,25,31)(H,26,27,28);1-2H2. The molecule has 0 spiro atoms. The van der Waals surface area contributed by atoms with Gasteiger partial charge in [-0.2, -0.15) is 0 Å². The number of nitrogens with one attached hydrogen (secondary N) is 2. The van der Waals surface area contributed by atoms with Gasteiger partial charge in [-0.05, 0) is 29.8 Å². The molecular formula is C26H27N5O4. The zero-order chi connectivity index (χ0) is 25.2. The second kappa shape index (κ2) is 12.2. The minimum Gasteiger partial charge on any atom is -0.489 e. The molecule has 3 N–H and O–H groups in total. The number of carbonyl (C=O) groups excluding carboxylic acids is 2. The van der Waals surface area contributed by atoms with Gasteiger partial charge in [0.25, 0.3) is 11.8 Å². The lowest BCUT2D eigenvalue weighted by molar-refractivity contribution is -0.120. The summed E-state index contributed by atoms with van der Waals surface area (Å²) >= 11 is 0. The third kappa shape index (κ3) is 6.34. The molecule has 2 amide bonds. The van der Waals surface area contributed by atoms with Crippen LogP contribution in [0.1, 0.15) is 34.0 Å². The van der Waals surface area contributed by atoms with E-state index in [1.165, 1.54) is 4.90 Å². The summed E-state index contributed by atoms with van der Waals surface area (Å²) in [7, 11) is 1.64. The summed E-state index contributed by atoms with van der Waals surface area (Å²) in [5.41, 5.74) is 2.47. The monoisotopic (exact) mass is 473 g/mol. The molecule has 1 atom stereocenters. The highest BCUT2D eigenvalue weighted by Gasteiger charge is 2.31. The molecule has 1 aromatic heterocycles. The number of likely N-dealkylation sites (N-methyl/N-ethyl adjacent to an activating group) is 1. The van der Waals surface area contributed by atoms with Gasteiger partial charge in [-0.15, -0.1) is 18.3 Å². The summed E-state index contributed by atoms with van der Waals surface area (Å²) in [4.78, 5) is 31.2. The van der Waals surface area contributed by atoms with Crippen molar-refractivity contribution in [2.45, 2.75) is 18.9 Å². The molecule has 180 valence electrons. The van der Waals surface area contributed by atoms with Crippen molar-refractivity contribution in [3.05, 3.63) is 84.5 Å². The van der Waals surface area contributed by atoms with Crippen molar-refractivity contribution in [3.8, 4) is 17.6 Å². The number of rotatable bonds is 5. The van der Waals surface area contributed by atoms with E-state index in [0.29, 0.717) is 30.1 Å². The van der Waals surface area contributed by atoms with Crippen LogP contribution in [0.2, 0.25) is 0 Å². The molecule has 0 saturated heterocycles. The Morgan fingerprint density at radius 1 is 1.26 bits per heavy atom.